The summed E-state index contributed by atoms with van der Waals surface area (Å²) in [6, 6.07) is 0.205. The normalized spacial score (nSPS) is 36.2. The van der Waals surface area contributed by atoms with Crippen LogP contribution in [0, 0.1) is 6.92 Å². The van der Waals surface area contributed by atoms with E-state index in [-0.39, 0.29) is 30.9 Å². The number of fused-ring (bicyclic) bond motifs is 2. The first kappa shape index (κ1) is 12.8. The van der Waals surface area contributed by atoms with E-state index in [0.29, 0.717) is 12.6 Å². The van der Waals surface area contributed by atoms with E-state index in [1.807, 2.05) is 10.9 Å². The number of nitrogens with one attached hydrogen (secondary N) is 1. The number of halogens is 2. The summed E-state index contributed by atoms with van der Waals surface area (Å²) in [6.07, 6.45) is 2.83. The summed E-state index contributed by atoms with van der Waals surface area (Å²) >= 11 is -0.141. The Labute approximate surface area is 117 Å². The molecule has 2 aliphatic rings. The van der Waals surface area contributed by atoms with Gasteiger partial charge in [0.15, 0.2) is 0 Å². The van der Waals surface area contributed by atoms with Crippen molar-refractivity contribution in [2.45, 2.75) is 36.0 Å². The van der Waals surface area contributed by atoms with Gasteiger partial charge < -0.3 is 0 Å². The minimum absolute atomic E-state index is 0.141. The Bertz CT molecular complexity index is 453. The van der Waals surface area contributed by atoms with Crippen LogP contribution in [0.15, 0.2) is 6.20 Å². The standard InChI is InChI=1S/C12H18FIN3O/c1-8-5-16-17-10(4-13)6-18-12(11(8)17)3-9(2)15-7-14-12/h5,9-10,15H,3-4,6-7H2,1-2H3/q-1/t9?,10?,12-/m1/s1. The fourth-order valence-electron chi connectivity index (χ4n) is 2.72. The molecule has 0 bridgehead atoms. The predicted molar refractivity (Wildman–Crippen MR) is 61.7 cm³/mol. The van der Waals surface area contributed by atoms with Crippen molar-refractivity contribution in [1.82, 2.24) is 15.1 Å². The van der Waals surface area contributed by atoms with Gasteiger partial charge in [0.25, 0.3) is 0 Å². The first-order valence-electron chi connectivity index (χ1n) is 6.24. The number of alkyl halides is 3. The SMILES string of the molecule is Cc1cnn2c1[C@@]1(CC(C)NC[I-]1)OCC2CF. The zero-order valence-corrected chi connectivity index (χ0v) is 12.8. The zero-order chi connectivity index (χ0) is 12.8. The zero-order valence-electron chi connectivity index (χ0n) is 10.6. The molecule has 3 rings (SSSR count). The summed E-state index contributed by atoms with van der Waals surface area (Å²) in [6.45, 7) is 4.29. The molecule has 3 atom stereocenters. The van der Waals surface area contributed by atoms with Crippen LogP contribution in [0.2, 0.25) is 0 Å². The molecule has 0 radical (unpaired) electrons. The van der Waals surface area contributed by atoms with Gasteiger partial charge in [-0.15, -0.1) is 0 Å². The number of nitrogens with zero attached hydrogens (tertiary/aromatic N) is 2. The van der Waals surface area contributed by atoms with Crippen LogP contribution in [0.25, 0.3) is 0 Å². The van der Waals surface area contributed by atoms with E-state index in [4.69, 9.17) is 4.74 Å². The topological polar surface area (TPSA) is 39.1 Å². The summed E-state index contributed by atoms with van der Waals surface area (Å²) in [4.78, 5) is 0. The fourth-order valence-corrected chi connectivity index (χ4v) is 6.72. The van der Waals surface area contributed by atoms with E-state index < -0.39 is 6.67 Å². The van der Waals surface area contributed by atoms with Gasteiger partial charge in [-0.25, -0.2) is 0 Å². The summed E-state index contributed by atoms with van der Waals surface area (Å²) in [5.41, 5.74) is 2.28. The van der Waals surface area contributed by atoms with E-state index >= 15 is 0 Å². The maximum absolute atomic E-state index is 13.1. The van der Waals surface area contributed by atoms with Crippen LogP contribution in [-0.4, -0.2) is 33.7 Å². The Hall–Kier alpha value is -0.210. The van der Waals surface area contributed by atoms with Gasteiger partial charge in [-0.05, 0) is 0 Å². The molecule has 1 spiro atoms. The van der Waals surface area contributed by atoms with Gasteiger partial charge in [0, 0.05) is 0 Å². The first-order chi connectivity index (χ1) is 8.66. The van der Waals surface area contributed by atoms with Crippen LogP contribution in [0.3, 0.4) is 0 Å². The molecule has 0 aliphatic carbocycles. The number of hydrogen-bond acceptors (Lipinski definition) is 3. The monoisotopic (exact) mass is 366 g/mol. The fraction of sp³-hybridized carbons (Fsp3) is 0.750. The van der Waals surface area contributed by atoms with Crippen molar-refractivity contribution in [2.24, 2.45) is 0 Å². The Morgan fingerprint density at radius 3 is 3.28 bits per heavy atom. The van der Waals surface area contributed by atoms with E-state index in [9.17, 15) is 4.39 Å². The summed E-state index contributed by atoms with van der Waals surface area (Å²) in [7, 11) is 0. The van der Waals surface area contributed by atoms with Crippen molar-refractivity contribution in [1.29, 1.82) is 0 Å². The first-order valence-corrected chi connectivity index (χ1v) is 8.85. The molecule has 6 heteroatoms. The van der Waals surface area contributed by atoms with E-state index in [1.54, 1.807) is 0 Å². The average molecular weight is 366 g/mol. The van der Waals surface area contributed by atoms with Crippen molar-refractivity contribution in [3.8, 4) is 0 Å². The Morgan fingerprint density at radius 2 is 2.56 bits per heavy atom. The van der Waals surface area contributed by atoms with Crippen LogP contribution < -0.4 is 26.5 Å². The van der Waals surface area contributed by atoms with E-state index in [0.717, 1.165) is 22.2 Å². The molecule has 1 aromatic rings. The molecule has 3 heterocycles. The third-order valence-corrected chi connectivity index (χ3v) is 6.95. The summed E-state index contributed by atoms with van der Waals surface area (Å²) < 4.78 is 22.0. The van der Waals surface area contributed by atoms with Crippen molar-refractivity contribution in [2.75, 3.05) is 17.8 Å². The van der Waals surface area contributed by atoms with Crippen LogP contribution in [0.4, 0.5) is 4.39 Å². The molecule has 2 unspecified atom stereocenters. The summed E-state index contributed by atoms with van der Waals surface area (Å²) in [5, 5.41) is 7.86. The molecule has 102 valence electrons. The third kappa shape index (κ3) is 1.89. The molecular weight excluding hydrogens is 348 g/mol. The number of aromatic nitrogens is 2. The van der Waals surface area contributed by atoms with E-state index in [1.165, 1.54) is 0 Å². The van der Waals surface area contributed by atoms with Gasteiger partial charge in [0.05, 0.1) is 0 Å². The van der Waals surface area contributed by atoms with Crippen molar-refractivity contribution in [3.05, 3.63) is 17.5 Å². The summed E-state index contributed by atoms with van der Waals surface area (Å²) in [5.74, 6) is 0. The van der Waals surface area contributed by atoms with Gasteiger partial charge in [-0.2, -0.15) is 0 Å². The van der Waals surface area contributed by atoms with Crippen molar-refractivity contribution >= 4 is 0 Å². The number of rotatable bonds is 1. The van der Waals surface area contributed by atoms with Gasteiger partial charge >= 0.3 is 117 Å². The quantitative estimate of drug-likeness (QED) is 0.367. The van der Waals surface area contributed by atoms with Crippen molar-refractivity contribution < 1.29 is 30.3 Å². The van der Waals surface area contributed by atoms with Gasteiger partial charge in [0.1, 0.15) is 0 Å². The van der Waals surface area contributed by atoms with Crippen LogP contribution in [0.1, 0.15) is 30.6 Å². The third-order valence-electron chi connectivity index (χ3n) is 3.64. The van der Waals surface area contributed by atoms with Crippen LogP contribution >= 0.6 is 0 Å². The second-order valence-corrected chi connectivity index (χ2v) is 8.31. The number of aryl methyl sites for hydroxylation is 1. The van der Waals surface area contributed by atoms with Crippen molar-refractivity contribution in [3.63, 3.8) is 0 Å². The number of hydrogen-bond donors (Lipinski definition) is 1. The molecule has 0 saturated carbocycles. The molecule has 1 N–H and O–H groups in total. The average Bonchev–Trinajstić information content (AvgIpc) is 2.74. The second-order valence-electron chi connectivity index (χ2n) is 5.04. The Morgan fingerprint density at radius 1 is 1.72 bits per heavy atom. The number of ether oxygens (including phenoxy) is 1. The molecule has 2 aliphatic heterocycles. The molecule has 0 amide bonds. The molecule has 1 fully saturated rings. The van der Waals surface area contributed by atoms with Crippen LogP contribution in [0.5, 0.6) is 0 Å². The molecule has 1 aromatic heterocycles. The predicted octanol–water partition coefficient (Wildman–Crippen LogP) is -1.69. The second kappa shape index (κ2) is 4.72. The molecule has 0 aromatic carbocycles. The molecular formula is C12H18FIN3O-. The van der Waals surface area contributed by atoms with E-state index in [2.05, 4.69) is 24.3 Å². The Kier molecular flexibility index (Phi) is 3.36. The Balaban J connectivity index is 2.05. The minimum atomic E-state index is -0.406. The molecule has 1 saturated heterocycles. The van der Waals surface area contributed by atoms with Gasteiger partial charge in [0.2, 0.25) is 0 Å². The molecule has 4 nitrogen and oxygen atoms in total. The maximum atomic E-state index is 13.1. The van der Waals surface area contributed by atoms with Crippen LogP contribution in [-0.2, 0) is 8.34 Å². The van der Waals surface area contributed by atoms with Gasteiger partial charge in [-0.3, -0.25) is 0 Å². The molecule has 18 heavy (non-hydrogen) atoms. The van der Waals surface area contributed by atoms with Gasteiger partial charge in [-0.1, -0.05) is 0 Å².